The Hall–Kier alpha value is -3.62. The Balaban J connectivity index is 1.46. The van der Waals surface area contributed by atoms with Crippen molar-refractivity contribution in [2.24, 2.45) is 0 Å². The molecular weight excluding hydrogens is 457 g/mol. The van der Waals surface area contributed by atoms with E-state index < -0.39 is 17.6 Å². The van der Waals surface area contributed by atoms with Gasteiger partial charge in [-0.3, -0.25) is 4.79 Å². The minimum absolute atomic E-state index is 0.000317. The SMILES string of the molecule is O=C(c1cccc(C(F)(F)F)c1)N1CCc2nc(N3CCCCC3)nc(Oc3ccccc3)c2C1. The van der Waals surface area contributed by atoms with E-state index in [2.05, 4.69) is 4.90 Å². The fourth-order valence-electron chi connectivity index (χ4n) is 4.48. The fourth-order valence-corrected chi connectivity index (χ4v) is 4.48. The molecular formula is C26H25F3N4O2. The van der Waals surface area contributed by atoms with Crippen molar-refractivity contribution in [2.75, 3.05) is 24.5 Å². The largest absolute Gasteiger partial charge is 0.438 e. The quantitative estimate of drug-likeness (QED) is 0.493. The fraction of sp³-hybridized carbons (Fsp3) is 0.346. The van der Waals surface area contributed by atoms with Crippen molar-refractivity contribution in [3.63, 3.8) is 0 Å². The number of para-hydroxylation sites is 1. The number of nitrogens with zero attached hydrogens (tertiary/aromatic N) is 4. The third kappa shape index (κ3) is 5.08. The summed E-state index contributed by atoms with van der Waals surface area (Å²) in [5.41, 5.74) is 0.642. The summed E-state index contributed by atoms with van der Waals surface area (Å²) in [5, 5.41) is 0. The number of hydrogen-bond acceptors (Lipinski definition) is 5. The van der Waals surface area contributed by atoms with E-state index >= 15 is 0 Å². The van der Waals surface area contributed by atoms with E-state index in [1.54, 1.807) is 0 Å². The molecule has 182 valence electrons. The predicted octanol–water partition coefficient (Wildman–Crippen LogP) is 5.48. The van der Waals surface area contributed by atoms with E-state index in [4.69, 9.17) is 14.7 Å². The summed E-state index contributed by atoms with van der Waals surface area (Å²) in [6, 6.07) is 13.8. The highest BCUT2D eigenvalue weighted by Gasteiger charge is 2.33. The first-order valence-corrected chi connectivity index (χ1v) is 11.7. The molecule has 1 aromatic heterocycles. The third-order valence-corrected chi connectivity index (χ3v) is 6.33. The zero-order valence-electron chi connectivity index (χ0n) is 19.1. The molecule has 0 saturated carbocycles. The van der Waals surface area contributed by atoms with E-state index in [0.717, 1.165) is 43.8 Å². The zero-order chi connectivity index (χ0) is 24.4. The van der Waals surface area contributed by atoms with Gasteiger partial charge >= 0.3 is 6.18 Å². The Labute approximate surface area is 201 Å². The van der Waals surface area contributed by atoms with Crippen molar-refractivity contribution < 1.29 is 22.7 Å². The molecule has 9 heteroatoms. The molecule has 0 aliphatic carbocycles. The normalized spacial score (nSPS) is 16.1. The average molecular weight is 483 g/mol. The zero-order valence-corrected chi connectivity index (χ0v) is 19.1. The molecule has 1 saturated heterocycles. The van der Waals surface area contributed by atoms with Gasteiger partial charge < -0.3 is 14.5 Å². The molecule has 2 aliphatic rings. The van der Waals surface area contributed by atoms with Gasteiger partial charge in [-0.15, -0.1) is 0 Å². The Kier molecular flexibility index (Phi) is 6.32. The van der Waals surface area contributed by atoms with Gasteiger partial charge in [-0.25, -0.2) is 4.98 Å². The van der Waals surface area contributed by atoms with Crippen LogP contribution in [0.2, 0.25) is 0 Å². The van der Waals surface area contributed by atoms with Gasteiger partial charge in [0, 0.05) is 31.6 Å². The number of piperidine rings is 1. The minimum atomic E-state index is -4.51. The van der Waals surface area contributed by atoms with Gasteiger partial charge in [-0.2, -0.15) is 18.2 Å². The molecule has 6 nitrogen and oxygen atoms in total. The lowest BCUT2D eigenvalue weighted by Gasteiger charge is -2.32. The number of aromatic nitrogens is 2. The van der Waals surface area contributed by atoms with Crippen LogP contribution in [0.25, 0.3) is 0 Å². The maximum Gasteiger partial charge on any atom is 0.416 e. The number of benzene rings is 2. The predicted molar refractivity (Wildman–Crippen MR) is 125 cm³/mol. The Morgan fingerprint density at radius 1 is 0.914 bits per heavy atom. The topological polar surface area (TPSA) is 58.6 Å². The van der Waals surface area contributed by atoms with Gasteiger partial charge in [0.25, 0.3) is 5.91 Å². The van der Waals surface area contributed by atoms with Crippen molar-refractivity contribution in [1.29, 1.82) is 0 Å². The second-order valence-electron chi connectivity index (χ2n) is 8.77. The molecule has 0 bridgehead atoms. The van der Waals surface area contributed by atoms with Crippen LogP contribution in [0.15, 0.2) is 54.6 Å². The molecule has 3 aromatic rings. The summed E-state index contributed by atoms with van der Waals surface area (Å²) < 4.78 is 45.6. The second kappa shape index (κ2) is 9.56. The molecule has 1 amide bonds. The first kappa shape index (κ1) is 23.1. The highest BCUT2D eigenvalue weighted by atomic mass is 19.4. The third-order valence-electron chi connectivity index (χ3n) is 6.33. The van der Waals surface area contributed by atoms with Crippen LogP contribution in [0.3, 0.4) is 0 Å². The van der Waals surface area contributed by atoms with Crippen molar-refractivity contribution in [1.82, 2.24) is 14.9 Å². The number of fused-ring (bicyclic) bond motifs is 1. The average Bonchev–Trinajstić information content (AvgIpc) is 2.88. The van der Waals surface area contributed by atoms with E-state index in [1.807, 2.05) is 30.3 Å². The first-order chi connectivity index (χ1) is 16.9. The second-order valence-corrected chi connectivity index (χ2v) is 8.77. The van der Waals surface area contributed by atoms with Crippen molar-refractivity contribution in [2.45, 2.75) is 38.4 Å². The molecule has 5 rings (SSSR count). The molecule has 3 heterocycles. The number of halogens is 3. The van der Waals surface area contributed by atoms with Crippen molar-refractivity contribution in [3.8, 4) is 11.6 Å². The van der Waals surface area contributed by atoms with Crippen LogP contribution < -0.4 is 9.64 Å². The Bertz CT molecular complexity index is 1210. The van der Waals surface area contributed by atoms with E-state index in [9.17, 15) is 18.0 Å². The lowest BCUT2D eigenvalue weighted by atomic mass is 10.0. The lowest BCUT2D eigenvalue weighted by Crippen LogP contribution is -2.38. The van der Waals surface area contributed by atoms with Gasteiger partial charge in [0.05, 0.1) is 23.4 Å². The van der Waals surface area contributed by atoms with E-state index in [1.165, 1.54) is 23.5 Å². The molecule has 1 fully saturated rings. The maximum atomic E-state index is 13.2. The summed E-state index contributed by atoms with van der Waals surface area (Å²) in [7, 11) is 0. The van der Waals surface area contributed by atoms with Gasteiger partial charge in [0.2, 0.25) is 11.8 Å². The molecule has 0 radical (unpaired) electrons. The molecule has 0 spiro atoms. The first-order valence-electron chi connectivity index (χ1n) is 11.7. The highest BCUT2D eigenvalue weighted by Crippen LogP contribution is 2.33. The molecule has 0 atom stereocenters. The van der Waals surface area contributed by atoms with Gasteiger partial charge in [-0.05, 0) is 49.6 Å². The Morgan fingerprint density at radius 2 is 1.69 bits per heavy atom. The minimum Gasteiger partial charge on any atom is -0.438 e. The lowest BCUT2D eigenvalue weighted by molar-refractivity contribution is -0.137. The van der Waals surface area contributed by atoms with Crippen LogP contribution in [-0.4, -0.2) is 40.4 Å². The van der Waals surface area contributed by atoms with Crippen LogP contribution in [0.1, 0.15) is 46.4 Å². The number of amides is 1. The number of rotatable bonds is 4. The number of hydrogen-bond donors (Lipinski definition) is 0. The summed E-state index contributed by atoms with van der Waals surface area (Å²) in [6.07, 6.45) is -0.709. The smallest absolute Gasteiger partial charge is 0.416 e. The molecule has 2 aromatic carbocycles. The Morgan fingerprint density at radius 3 is 2.43 bits per heavy atom. The summed E-state index contributed by atoms with van der Waals surface area (Å²) in [6.45, 7) is 2.27. The maximum absolute atomic E-state index is 13.2. The molecule has 35 heavy (non-hydrogen) atoms. The molecule has 0 unspecified atom stereocenters. The number of carbonyl (C=O) groups excluding carboxylic acids is 1. The van der Waals surface area contributed by atoms with Crippen LogP contribution in [0, 0.1) is 0 Å². The summed E-state index contributed by atoms with van der Waals surface area (Å²) in [4.78, 5) is 26.3. The van der Waals surface area contributed by atoms with Gasteiger partial charge in [0.1, 0.15) is 5.75 Å². The molecule has 0 N–H and O–H groups in total. The van der Waals surface area contributed by atoms with Crippen LogP contribution in [0.5, 0.6) is 11.6 Å². The van der Waals surface area contributed by atoms with Crippen LogP contribution >= 0.6 is 0 Å². The van der Waals surface area contributed by atoms with Crippen molar-refractivity contribution >= 4 is 11.9 Å². The van der Waals surface area contributed by atoms with E-state index in [0.29, 0.717) is 36.1 Å². The number of carbonyl (C=O) groups is 1. The van der Waals surface area contributed by atoms with Crippen molar-refractivity contribution in [3.05, 3.63) is 77.0 Å². The molecule has 2 aliphatic heterocycles. The number of ether oxygens (including phenoxy) is 1. The summed E-state index contributed by atoms with van der Waals surface area (Å²) in [5.74, 6) is 1.14. The van der Waals surface area contributed by atoms with E-state index in [-0.39, 0.29) is 12.1 Å². The number of anilines is 1. The standard InChI is InChI=1S/C26H25F3N4O2/c27-26(28,29)19-9-7-8-18(16-19)24(34)33-15-12-22-21(17-33)23(35-20-10-3-1-4-11-20)31-25(30-22)32-13-5-2-6-14-32/h1,3-4,7-11,16H,2,5-6,12-15,17H2. The summed E-state index contributed by atoms with van der Waals surface area (Å²) >= 11 is 0. The highest BCUT2D eigenvalue weighted by molar-refractivity contribution is 5.94. The van der Waals surface area contributed by atoms with Crippen LogP contribution in [0.4, 0.5) is 19.1 Å². The van der Waals surface area contributed by atoms with Crippen LogP contribution in [-0.2, 0) is 19.1 Å². The number of alkyl halides is 3. The monoisotopic (exact) mass is 482 g/mol. The van der Waals surface area contributed by atoms with Gasteiger partial charge in [0.15, 0.2) is 0 Å². The van der Waals surface area contributed by atoms with Gasteiger partial charge in [-0.1, -0.05) is 24.3 Å².